The zero-order valence-corrected chi connectivity index (χ0v) is 33.0. The Balaban J connectivity index is 0.995. The average molecular weight is 778 g/mol. The van der Waals surface area contributed by atoms with Crippen molar-refractivity contribution in [3.05, 3.63) is 61.7 Å². The normalized spacial score (nSPS) is 34.5. The number of carbonyl (C=O) groups excluding carboxylic acids is 2. The minimum atomic E-state index is -1.56. The minimum Gasteiger partial charge on any atom is -0.477 e. The maximum Gasteiger partial charge on any atom is 0.341 e. The standard InChI is InChI=1S/C43H53ClFN3O7/c1-22-32-37(48(26-9-10-26)23(2)33(39(32)52)40(53)54)35(44)38(36(22)45)47-18-6-5-7-25(21-47)46-17-14-31(51)43(55)16-13-29-28-11-8-24-19-27(49)12-15-41(24,3)34(28)30(50)20-42(29,43)4/h12,15,19,25-26,28-30,34,46,50,55H,5-11,13-14,16-18,20-21H2,1-4H3,(H,53,54)/t25-,28+,29+,30?,34?,41+,42+,43+/m1/s1. The van der Waals surface area contributed by atoms with Gasteiger partial charge in [0.15, 0.2) is 17.4 Å². The highest BCUT2D eigenvalue weighted by atomic mass is 35.5. The molecule has 8 atom stereocenters. The van der Waals surface area contributed by atoms with Crippen molar-refractivity contribution < 1.29 is 34.1 Å². The number of nitrogens with zero attached hydrogens (tertiary/aromatic N) is 2. The second kappa shape index (κ2) is 13.6. The summed E-state index contributed by atoms with van der Waals surface area (Å²) in [6.45, 7) is 8.49. The van der Waals surface area contributed by atoms with E-state index in [1.807, 2.05) is 22.5 Å². The number of carbonyl (C=O) groups is 3. The van der Waals surface area contributed by atoms with Crippen LogP contribution in [0.25, 0.3) is 10.9 Å². The number of aromatic carboxylic acids is 1. The number of rotatable bonds is 8. The van der Waals surface area contributed by atoms with Crippen LogP contribution >= 0.6 is 11.6 Å². The third-order valence-corrected chi connectivity index (χ3v) is 15.3. The number of benzene rings is 1. The van der Waals surface area contributed by atoms with E-state index in [0.29, 0.717) is 50.1 Å². The maximum absolute atomic E-state index is 16.4. The molecule has 0 radical (unpaired) electrons. The van der Waals surface area contributed by atoms with Crippen LogP contribution in [0.2, 0.25) is 5.02 Å². The quantitative estimate of drug-likeness (QED) is 0.240. The van der Waals surface area contributed by atoms with Gasteiger partial charge in [0.05, 0.1) is 27.7 Å². The Labute approximate surface area is 325 Å². The van der Waals surface area contributed by atoms with Crippen LogP contribution in [-0.2, 0) is 9.59 Å². The van der Waals surface area contributed by atoms with Crippen molar-refractivity contribution in [1.82, 2.24) is 9.88 Å². The van der Waals surface area contributed by atoms with Crippen LogP contribution < -0.4 is 15.6 Å². The smallest absolute Gasteiger partial charge is 0.341 e. The summed E-state index contributed by atoms with van der Waals surface area (Å²) >= 11 is 7.09. The number of allylic oxidation sites excluding steroid dienone is 4. The number of carboxylic acid groups (broad SMARTS) is 1. The molecule has 1 aromatic carbocycles. The lowest BCUT2D eigenvalue weighted by atomic mass is 9.46. The van der Waals surface area contributed by atoms with Crippen molar-refractivity contribution in [2.45, 2.75) is 122 Å². The Morgan fingerprint density at radius 2 is 1.84 bits per heavy atom. The number of ketones is 2. The molecule has 0 spiro atoms. The molecule has 0 amide bonds. The summed E-state index contributed by atoms with van der Waals surface area (Å²) in [6, 6.07) is -0.127. The molecular weight excluding hydrogens is 725 g/mol. The molecule has 6 aliphatic rings. The summed E-state index contributed by atoms with van der Waals surface area (Å²) in [5, 5.41) is 37.6. The first-order valence-electron chi connectivity index (χ1n) is 20.2. The molecule has 2 heterocycles. The van der Waals surface area contributed by atoms with E-state index in [-0.39, 0.29) is 75.0 Å². The van der Waals surface area contributed by atoms with Crippen LogP contribution in [-0.4, -0.2) is 74.8 Å². The Hall–Kier alpha value is -3.38. The summed E-state index contributed by atoms with van der Waals surface area (Å²) in [5.74, 6) is -2.10. The fraction of sp³-hybridized carbons (Fsp3) is 0.628. The van der Waals surface area contributed by atoms with E-state index in [4.69, 9.17) is 11.6 Å². The maximum atomic E-state index is 16.4. The number of anilines is 1. The number of hydrogen-bond acceptors (Lipinski definition) is 8. The van der Waals surface area contributed by atoms with Gasteiger partial charge in [0, 0.05) is 66.1 Å². The number of pyridine rings is 1. The fourth-order valence-corrected chi connectivity index (χ4v) is 12.5. The molecule has 1 aliphatic heterocycles. The molecule has 12 heteroatoms. The number of carboxylic acids is 1. The Morgan fingerprint density at radius 1 is 1.09 bits per heavy atom. The lowest BCUT2D eigenvalue weighted by Gasteiger charge is -2.59. The predicted molar refractivity (Wildman–Crippen MR) is 208 cm³/mol. The zero-order valence-electron chi connectivity index (χ0n) is 32.2. The topological polar surface area (TPSA) is 149 Å². The summed E-state index contributed by atoms with van der Waals surface area (Å²) in [7, 11) is 0. The molecule has 5 aliphatic carbocycles. The van der Waals surface area contributed by atoms with Gasteiger partial charge in [-0.25, -0.2) is 9.18 Å². The SMILES string of the molecule is Cc1c(F)c(N2CCCC[C@@H](NCCC(=O)[C@@]3(O)CC[C@H]4[C@@H]5CCC6=CC(=O)C=C[C@]6(C)C5C(O)C[C@@]43C)C2)c(Cl)c2c1c(=O)c(C(=O)O)c(C)n2C1CC1. The molecular formula is C43H53ClFN3O7. The van der Waals surface area contributed by atoms with Crippen molar-refractivity contribution >= 4 is 45.7 Å². The van der Waals surface area contributed by atoms with Gasteiger partial charge in [-0.15, -0.1) is 0 Å². The van der Waals surface area contributed by atoms with Gasteiger partial charge < -0.3 is 30.1 Å². The van der Waals surface area contributed by atoms with Crippen LogP contribution in [0, 0.1) is 48.2 Å². The number of aliphatic hydroxyl groups is 2. The summed E-state index contributed by atoms with van der Waals surface area (Å²) in [4.78, 5) is 53.9. The highest BCUT2D eigenvalue weighted by Gasteiger charge is 2.68. The number of Topliss-reactive ketones (excluding diaryl/α,β-unsaturated/α-hetero) is 1. The average Bonchev–Trinajstić information content (AvgIpc) is 3.95. The Kier molecular flexibility index (Phi) is 9.54. The van der Waals surface area contributed by atoms with Gasteiger partial charge in [0.1, 0.15) is 11.2 Å². The molecule has 0 bridgehead atoms. The number of aromatic nitrogens is 1. The van der Waals surface area contributed by atoms with Crippen LogP contribution in [0.5, 0.6) is 0 Å². The molecule has 1 saturated heterocycles. The van der Waals surface area contributed by atoms with E-state index < -0.39 is 39.8 Å². The largest absolute Gasteiger partial charge is 0.477 e. The number of halogens is 2. The molecule has 55 heavy (non-hydrogen) atoms. The van der Waals surface area contributed by atoms with Crippen LogP contribution in [0.3, 0.4) is 0 Å². The highest BCUT2D eigenvalue weighted by Crippen LogP contribution is 2.67. The van der Waals surface area contributed by atoms with Crippen LogP contribution in [0.15, 0.2) is 28.6 Å². The van der Waals surface area contributed by atoms with Gasteiger partial charge in [0.2, 0.25) is 5.43 Å². The Bertz CT molecular complexity index is 2130. The van der Waals surface area contributed by atoms with Crippen molar-refractivity contribution in [3.63, 3.8) is 0 Å². The van der Waals surface area contributed by atoms with Gasteiger partial charge in [-0.3, -0.25) is 14.4 Å². The second-order valence-electron chi connectivity index (χ2n) is 17.9. The van der Waals surface area contributed by atoms with E-state index in [0.717, 1.165) is 50.5 Å². The summed E-state index contributed by atoms with van der Waals surface area (Å²) in [5.41, 5.74) is -1.80. The lowest BCUT2D eigenvalue weighted by Crippen LogP contribution is -2.61. The van der Waals surface area contributed by atoms with E-state index >= 15 is 4.39 Å². The molecule has 2 unspecified atom stereocenters. The molecule has 1 aromatic heterocycles. The third kappa shape index (κ3) is 5.80. The molecule has 4 N–H and O–H groups in total. The Morgan fingerprint density at radius 3 is 2.55 bits per heavy atom. The monoisotopic (exact) mass is 777 g/mol. The van der Waals surface area contributed by atoms with Crippen molar-refractivity contribution in [1.29, 1.82) is 0 Å². The number of nitrogens with one attached hydrogen (secondary N) is 1. The van der Waals surface area contributed by atoms with Gasteiger partial charge in [-0.05, 0) is 95.6 Å². The lowest BCUT2D eigenvalue weighted by molar-refractivity contribution is -0.176. The molecule has 4 saturated carbocycles. The van der Waals surface area contributed by atoms with Crippen molar-refractivity contribution in [2.24, 2.45) is 28.6 Å². The second-order valence-corrected chi connectivity index (χ2v) is 18.3. The van der Waals surface area contributed by atoms with Crippen LogP contribution in [0.1, 0.15) is 112 Å². The van der Waals surface area contributed by atoms with E-state index in [2.05, 4.69) is 12.2 Å². The first-order chi connectivity index (χ1) is 26.0. The fourth-order valence-electron chi connectivity index (χ4n) is 12.1. The highest BCUT2D eigenvalue weighted by molar-refractivity contribution is 6.38. The zero-order chi connectivity index (χ0) is 39.4. The summed E-state index contributed by atoms with van der Waals surface area (Å²) in [6.07, 6.45) is 11.7. The van der Waals surface area contributed by atoms with E-state index in [9.17, 15) is 34.5 Å². The predicted octanol–water partition coefficient (Wildman–Crippen LogP) is 6.36. The van der Waals surface area contributed by atoms with Gasteiger partial charge in [-0.2, -0.15) is 0 Å². The number of aryl methyl sites for hydroxylation is 1. The van der Waals surface area contributed by atoms with Gasteiger partial charge >= 0.3 is 5.97 Å². The molecule has 10 nitrogen and oxygen atoms in total. The minimum absolute atomic E-state index is 0.00697. The molecule has 2 aromatic rings. The van der Waals surface area contributed by atoms with Gasteiger partial charge in [-0.1, -0.05) is 43.5 Å². The molecule has 8 rings (SSSR count). The van der Waals surface area contributed by atoms with Crippen molar-refractivity contribution in [3.8, 4) is 0 Å². The van der Waals surface area contributed by atoms with Crippen LogP contribution in [0.4, 0.5) is 10.1 Å². The number of aliphatic hydroxyl groups excluding tert-OH is 1. The summed E-state index contributed by atoms with van der Waals surface area (Å²) < 4.78 is 18.3. The van der Waals surface area contributed by atoms with E-state index in [1.54, 1.807) is 19.1 Å². The molecule has 296 valence electrons. The number of hydrogen-bond donors (Lipinski definition) is 4. The number of fused-ring (bicyclic) bond motifs is 6. The van der Waals surface area contributed by atoms with Crippen molar-refractivity contribution in [2.75, 3.05) is 24.5 Å². The van der Waals surface area contributed by atoms with E-state index in [1.165, 1.54) is 6.92 Å². The first-order valence-corrected chi connectivity index (χ1v) is 20.6. The van der Waals surface area contributed by atoms with Gasteiger partial charge in [0.25, 0.3) is 0 Å². The first kappa shape index (κ1) is 38.5. The molecule has 5 fully saturated rings. The third-order valence-electron chi connectivity index (χ3n) is 15.0.